The molecule has 1 aromatic heterocycles. The smallest absolute Gasteiger partial charge is 0.142 e. The predicted octanol–water partition coefficient (Wildman–Crippen LogP) is 4.31. The van der Waals surface area contributed by atoms with Gasteiger partial charge in [0.25, 0.3) is 0 Å². The summed E-state index contributed by atoms with van der Waals surface area (Å²) < 4.78 is 6.02. The average molecular weight is 282 g/mol. The molecule has 0 aliphatic rings. The van der Waals surface area contributed by atoms with Crippen LogP contribution in [-0.2, 0) is 0 Å². The van der Waals surface area contributed by atoms with Crippen LogP contribution in [0.2, 0.25) is 0 Å². The van der Waals surface area contributed by atoms with Crippen LogP contribution in [-0.4, -0.2) is 11.7 Å². The largest absolute Gasteiger partial charge is 0.455 e. The van der Waals surface area contributed by atoms with E-state index in [1.165, 1.54) is 0 Å². The standard InChI is InChI=1S/C17H14O2S/c18-11-10-16(17-9-4-12-20-17)19-15-8-3-6-13-5-1-2-7-14(13)15/h1-10,12,18H,11H2/b16-10+. The van der Waals surface area contributed by atoms with E-state index in [-0.39, 0.29) is 6.61 Å². The van der Waals surface area contributed by atoms with Crippen LogP contribution in [0.4, 0.5) is 0 Å². The van der Waals surface area contributed by atoms with Gasteiger partial charge in [-0.25, -0.2) is 0 Å². The summed E-state index contributed by atoms with van der Waals surface area (Å²) in [5.74, 6) is 1.50. The van der Waals surface area contributed by atoms with E-state index in [0.717, 1.165) is 21.4 Å². The second-order valence-electron chi connectivity index (χ2n) is 4.31. The van der Waals surface area contributed by atoms with Gasteiger partial charge in [-0.3, -0.25) is 0 Å². The second kappa shape index (κ2) is 5.90. The van der Waals surface area contributed by atoms with Crippen molar-refractivity contribution in [3.63, 3.8) is 0 Å². The number of aliphatic hydroxyl groups is 1. The zero-order valence-corrected chi connectivity index (χ0v) is 11.6. The molecule has 2 aromatic carbocycles. The molecular formula is C17H14O2S. The van der Waals surface area contributed by atoms with E-state index in [1.54, 1.807) is 17.4 Å². The lowest BCUT2D eigenvalue weighted by Crippen LogP contribution is -1.95. The third-order valence-electron chi connectivity index (χ3n) is 3.01. The molecule has 0 atom stereocenters. The van der Waals surface area contributed by atoms with Gasteiger partial charge in [-0.15, -0.1) is 11.3 Å². The Balaban J connectivity index is 2.01. The third-order valence-corrected chi connectivity index (χ3v) is 3.89. The molecule has 0 spiro atoms. The third kappa shape index (κ3) is 2.59. The highest BCUT2D eigenvalue weighted by Gasteiger charge is 2.08. The summed E-state index contributed by atoms with van der Waals surface area (Å²) in [5.41, 5.74) is 0. The number of rotatable bonds is 4. The normalized spacial score (nSPS) is 11.8. The summed E-state index contributed by atoms with van der Waals surface area (Å²) in [5, 5.41) is 13.4. The van der Waals surface area contributed by atoms with Gasteiger partial charge in [-0.1, -0.05) is 42.5 Å². The van der Waals surface area contributed by atoms with Gasteiger partial charge in [0.05, 0.1) is 11.5 Å². The van der Waals surface area contributed by atoms with E-state index in [1.807, 2.05) is 47.8 Å². The minimum Gasteiger partial charge on any atom is -0.455 e. The van der Waals surface area contributed by atoms with Crippen LogP contribution in [0.3, 0.4) is 0 Å². The lowest BCUT2D eigenvalue weighted by Gasteiger charge is -2.11. The Hall–Kier alpha value is -2.10. The Bertz CT molecular complexity index is 724. The molecule has 0 bridgehead atoms. The minimum atomic E-state index is -0.0437. The van der Waals surface area contributed by atoms with E-state index in [4.69, 9.17) is 4.74 Å². The van der Waals surface area contributed by atoms with Gasteiger partial charge in [-0.05, 0) is 29.0 Å². The molecule has 1 heterocycles. The first-order valence-electron chi connectivity index (χ1n) is 6.39. The molecule has 100 valence electrons. The summed E-state index contributed by atoms with van der Waals surface area (Å²) >= 11 is 1.59. The van der Waals surface area contributed by atoms with E-state index >= 15 is 0 Å². The fourth-order valence-electron chi connectivity index (χ4n) is 2.10. The van der Waals surface area contributed by atoms with Crippen LogP contribution in [0.1, 0.15) is 4.88 Å². The summed E-state index contributed by atoms with van der Waals surface area (Å²) in [6.07, 6.45) is 1.69. The van der Waals surface area contributed by atoms with Crippen molar-refractivity contribution in [2.24, 2.45) is 0 Å². The first-order chi connectivity index (χ1) is 9.88. The van der Waals surface area contributed by atoms with Gasteiger partial charge in [0, 0.05) is 5.39 Å². The molecule has 0 saturated heterocycles. The zero-order chi connectivity index (χ0) is 13.8. The molecule has 0 unspecified atom stereocenters. The maximum Gasteiger partial charge on any atom is 0.142 e. The number of hydrogen-bond donors (Lipinski definition) is 1. The summed E-state index contributed by atoms with van der Waals surface area (Å²) in [6, 6.07) is 18.0. The Kier molecular flexibility index (Phi) is 3.81. The van der Waals surface area contributed by atoms with Crippen LogP contribution in [0.15, 0.2) is 66.1 Å². The summed E-state index contributed by atoms with van der Waals surface area (Å²) in [6.45, 7) is -0.0437. The van der Waals surface area contributed by atoms with E-state index < -0.39 is 0 Å². The van der Waals surface area contributed by atoms with Crippen LogP contribution in [0.5, 0.6) is 5.75 Å². The van der Waals surface area contributed by atoms with Crippen molar-refractivity contribution in [3.05, 3.63) is 70.9 Å². The van der Waals surface area contributed by atoms with Crippen LogP contribution in [0, 0.1) is 0 Å². The average Bonchev–Trinajstić information content (AvgIpc) is 3.01. The molecule has 0 aliphatic carbocycles. The second-order valence-corrected chi connectivity index (χ2v) is 5.26. The molecule has 3 rings (SSSR count). The molecule has 0 amide bonds. The zero-order valence-electron chi connectivity index (χ0n) is 10.8. The first-order valence-corrected chi connectivity index (χ1v) is 7.27. The lowest BCUT2D eigenvalue weighted by molar-refractivity contribution is 0.340. The molecule has 3 aromatic rings. The van der Waals surface area contributed by atoms with Crippen LogP contribution < -0.4 is 4.74 Å². The highest BCUT2D eigenvalue weighted by Crippen LogP contribution is 2.30. The Morgan fingerprint density at radius 2 is 1.90 bits per heavy atom. The highest BCUT2D eigenvalue weighted by molar-refractivity contribution is 7.11. The van der Waals surface area contributed by atoms with Gasteiger partial charge >= 0.3 is 0 Å². The molecular weight excluding hydrogens is 268 g/mol. The van der Waals surface area contributed by atoms with Gasteiger partial charge in [-0.2, -0.15) is 0 Å². The Morgan fingerprint density at radius 1 is 1.05 bits per heavy atom. The quantitative estimate of drug-likeness (QED) is 0.722. The molecule has 3 heteroatoms. The number of fused-ring (bicyclic) bond motifs is 1. The van der Waals surface area contributed by atoms with Crippen LogP contribution >= 0.6 is 11.3 Å². The van der Waals surface area contributed by atoms with Crippen molar-refractivity contribution in [1.82, 2.24) is 0 Å². The topological polar surface area (TPSA) is 29.5 Å². The van der Waals surface area contributed by atoms with Gasteiger partial charge in [0.2, 0.25) is 0 Å². The van der Waals surface area contributed by atoms with Crippen molar-refractivity contribution in [3.8, 4) is 5.75 Å². The van der Waals surface area contributed by atoms with Crippen molar-refractivity contribution >= 4 is 27.9 Å². The molecule has 2 nitrogen and oxygen atoms in total. The van der Waals surface area contributed by atoms with Crippen LogP contribution in [0.25, 0.3) is 16.5 Å². The Labute approximate surface area is 121 Å². The number of ether oxygens (including phenoxy) is 1. The van der Waals surface area contributed by atoms with Gasteiger partial charge in [0.1, 0.15) is 11.5 Å². The first kappa shape index (κ1) is 12.9. The van der Waals surface area contributed by atoms with E-state index in [9.17, 15) is 5.11 Å². The number of benzene rings is 2. The fraction of sp³-hybridized carbons (Fsp3) is 0.0588. The van der Waals surface area contributed by atoms with Crippen molar-refractivity contribution in [2.75, 3.05) is 6.61 Å². The predicted molar refractivity (Wildman–Crippen MR) is 84.0 cm³/mol. The van der Waals surface area contributed by atoms with Crippen molar-refractivity contribution in [1.29, 1.82) is 0 Å². The molecule has 1 N–H and O–H groups in total. The Morgan fingerprint density at radius 3 is 2.70 bits per heavy atom. The minimum absolute atomic E-state index is 0.0437. The number of hydrogen-bond acceptors (Lipinski definition) is 3. The molecule has 20 heavy (non-hydrogen) atoms. The molecule has 0 fully saturated rings. The fourth-order valence-corrected chi connectivity index (χ4v) is 2.80. The monoisotopic (exact) mass is 282 g/mol. The summed E-state index contributed by atoms with van der Waals surface area (Å²) in [7, 11) is 0. The van der Waals surface area contributed by atoms with Crippen molar-refractivity contribution in [2.45, 2.75) is 0 Å². The maximum atomic E-state index is 9.18. The summed E-state index contributed by atoms with van der Waals surface area (Å²) in [4.78, 5) is 1.01. The highest BCUT2D eigenvalue weighted by atomic mass is 32.1. The molecule has 0 saturated carbocycles. The van der Waals surface area contributed by atoms with Gasteiger partial charge in [0.15, 0.2) is 0 Å². The van der Waals surface area contributed by atoms with Crippen molar-refractivity contribution < 1.29 is 9.84 Å². The lowest BCUT2D eigenvalue weighted by atomic mass is 10.1. The van der Waals surface area contributed by atoms with E-state index in [0.29, 0.717) is 5.76 Å². The van der Waals surface area contributed by atoms with Gasteiger partial charge < -0.3 is 9.84 Å². The number of thiophene rings is 1. The number of aliphatic hydroxyl groups excluding tert-OH is 1. The molecule has 0 aliphatic heterocycles. The molecule has 0 radical (unpaired) electrons. The van der Waals surface area contributed by atoms with E-state index in [2.05, 4.69) is 12.1 Å². The SMILES string of the molecule is OC/C=C(/Oc1cccc2ccccc12)c1cccs1. The maximum absolute atomic E-state index is 9.18.